The van der Waals surface area contributed by atoms with Gasteiger partial charge in [-0.15, -0.1) is 0 Å². The molecule has 0 aliphatic heterocycles. The summed E-state index contributed by atoms with van der Waals surface area (Å²) in [7, 11) is 0. The number of allylic oxidation sites excluding steroid dienone is 1. The molecule has 0 atom stereocenters. The number of nitrogens with one attached hydrogen (secondary N) is 1. The van der Waals surface area contributed by atoms with Crippen LogP contribution in [0.4, 0.5) is 11.5 Å². The number of hydrogen-bond donors (Lipinski definition) is 2. The van der Waals surface area contributed by atoms with Gasteiger partial charge in [0, 0.05) is 25.2 Å². The number of rotatable bonds is 8. The van der Waals surface area contributed by atoms with E-state index in [0.29, 0.717) is 6.42 Å². The first-order valence-corrected chi connectivity index (χ1v) is 7.58. The van der Waals surface area contributed by atoms with Gasteiger partial charge in [0.2, 0.25) is 5.82 Å². The molecule has 0 aliphatic rings. The van der Waals surface area contributed by atoms with Gasteiger partial charge in [-0.1, -0.05) is 12.2 Å². The highest BCUT2D eigenvalue weighted by molar-refractivity contribution is 5.88. The number of nitrogens with zero attached hydrogens (tertiary/aromatic N) is 2. The molecule has 0 spiro atoms. The first-order valence-electron chi connectivity index (χ1n) is 7.58. The van der Waals surface area contributed by atoms with Crippen molar-refractivity contribution in [1.82, 2.24) is 4.98 Å². The predicted molar refractivity (Wildman–Crippen MR) is 90.6 cm³/mol. The van der Waals surface area contributed by atoms with E-state index < -0.39 is 22.2 Å². The van der Waals surface area contributed by atoms with Crippen LogP contribution in [0.5, 0.6) is 0 Å². The Morgan fingerprint density at radius 2 is 2.08 bits per heavy atom. The summed E-state index contributed by atoms with van der Waals surface area (Å²) in [6.07, 6.45) is 5.20. The summed E-state index contributed by atoms with van der Waals surface area (Å²) >= 11 is 0. The second-order valence-corrected chi connectivity index (χ2v) is 6.13. The number of carbonyl (C=O) groups excluding carboxylic acids is 1. The molecule has 0 radical (unpaired) electrons. The molecule has 1 heterocycles. The van der Waals surface area contributed by atoms with Crippen molar-refractivity contribution in [3.8, 4) is 0 Å². The third kappa shape index (κ3) is 7.42. The van der Waals surface area contributed by atoms with Crippen molar-refractivity contribution in [2.24, 2.45) is 0 Å². The Bertz CT molecular complexity index is 679. The summed E-state index contributed by atoms with van der Waals surface area (Å²) in [6, 6.07) is 0.948. The van der Waals surface area contributed by atoms with Gasteiger partial charge in [-0.25, -0.2) is 9.78 Å². The van der Waals surface area contributed by atoms with Gasteiger partial charge in [-0.2, -0.15) is 0 Å². The average Bonchev–Trinajstić information content (AvgIpc) is 2.48. The maximum absolute atomic E-state index is 11.5. The lowest BCUT2D eigenvalue weighted by Gasteiger charge is -2.19. The van der Waals surface area contributed by atoms with E-state index in [0.717, 1.165) is 12.3 Å². The van der Waals surface area contributed by atoms with Crippen molar-refractivity contribution >= 4 is 23.4 Å². The summed E-state index contributed by atoms with van der Waals surface area (Å²) in [6.45, 7) is 5.62. The summed E-state index contributed by atoms with van der Waals surface area (Å²) in [4.78, 5) is 36.4. The number of esters is 1. The monoisotopic (exact) mass is 351 g/mol. The van der Waals surface area contributed by atoms with Gasteiger partial charge in [0.1, 0.15) is 5.60 Å². The minimum Gasteiger partial charge on any atom is -0.478 e. The van der Waals surface area contributed by atoms with Gasteiger partial charge >= 0.3 is 17.6 Å². The number of aromatic carboxylic acids is 1. The molecule has 0 aliphatic carbocycles. The number of aromatic nitrogens is 1. The number of pyridine rings is 1. The topological polar surface area (TPSA) is 132 Å². The van der Waals surface area contributed by atoms with E-state index in [2.05, 4.69) is 10.3 Å². The molecule has 25 heavy (non-hydrogen) atoms. The second kappa shape index (κ2) is 8.76. The van der Waals surface area contributed by atoms with Crippen LogP contribution < -0.4 is 5.32 Å². The van der Waals surface area contributed by atoms with Gasteiger partial charge in [0.25, 0.3) is 0 Å². The minimum absolute atomic E-state index is 0.0215. The van der Waals surface area contributed by atoms with Gasteiger partial charge in [-0.3, -0.25) is 14.9 Å². The SMILES string of the molecule is CC(C)(C)OC(=O)CC/C=C/CNc1ncc(C(=O)O)cc1[N+](=O)[O-]. The van der Waals surface area contributed by atoms with Crippen molar-refractivity contribution in [3.05, 3.63) is 40.1 Å². The predicted octanol–water partition coefficient (Wildman–Crippen LogP) is 2.78. The Balaban J connectivity index is 2.52. The fraction of sp³-hybridized carbons (Fsp3) is 0.438. The van der Waals surface area contributed by atoms with E-state index >= 15 is 0 Å². The standard InChI is InChI=1S/C16H21N3O6/c1-16(2,3)25-13(20)7-5-4-6-8-17-14-12(19(23)24)9-11(10-18-14)15(21)22/h4,6,9-10H,5,7-8H2,1-3H3,(H,17,18)(H,21,22)/b6-4+. The Morgan fingerprint density at radius 1 is 1.40 bits per heavy atom. The highest BCUT2D eigenvalue weighted by Crippen LogP contribution is 2.22. The van der Waals surface area contributed by atoms with E-state index in [4.69, 9.17) is 9.84 Å². The summed E-state index contributed by atoms with van der Waals surface area (Å²) in [5, 5.41) is 22.6. The van der Waals surface area contributed by atoms with Crippen LogP contribution in [0.25, 0.3) is 0 Å². The zero-order valence-electron chi connectivity index (χ0n) is 14.3. The Labute approximate surface area is 144 Å². The van der Waals surface area contributed by atoms with Crippen molar-refractivity contribution in [3.63, 3.8) is 0 Å². The molecule has 1 aromatic rings. The Morgan fingerprint density at radius 3 is 2.64 bits per heavy atom. The first kappa shape index (κ1) is 20.1. The number of anilines is 1. The van der Waals surface area contributed by atoms with E-state index in [1.54, 1.807) is 32.9 Å². The molecule has 0 amide bonds. The van der Waals surface area contributed by atoms with Gasteiger partial charge < -0.3 is 15.2 Å². The van der Waals surface area contributed by atoms with E-state index in [-0.39, 0.29) is 30.3 Å². The molecular weight excluding hydrogens is 330 g/mol. The summed E-state index contributed by atoms with van der Waals surface area (Å²) in [5.74, 6) is -1.61. The average molecular weight is 351 g/mol. The normalized spacial score (nSPS) is 11.3. The summed E-state index contributed by atoms with van der Waals surface area (Å²) < 4.78 is 5.16. The van der Waals surface area contributed by atoms with Crippen molar-refractivity contribution in [2.45, 2.75) is 39.2 Å². The van der Waals surface area contributed by atoms with Crippen LogP contribution in [0.15, 0.2) is 24.4 Å². The molecule has 2 N–H and O–H groups in total. The molecule has 0 aromatic carbocycles. The molecule has 136 valence electrons. The number of carboxylic acid groups (broad SMARTS) is 1. The molecule has 0 bridgehead atoms. The quantitative estimate of drug-likeness (QED) is 0.316. The number of carbonyl (C=O) groups is 2. The van der Waals surface area contributed by atoms with Gasteiger partial charge in [0.15, 0.2) is 0 Å². The smallest absolute Gasteiger partial charge is 0.337 e. The van der Waals surface area contributed by atoms with Crippen LogP contribution in [-0.4, -0.2) is 39.1 Å². The summed E-state index contributed by atoms with van der Waals surface area (Å²) in [5.41, 5.74) is -1.19. The molecule has 0 fully saturated rings. The second-order valence-electron chi connectivity index (χ2n) is 6.13. The Hall–Kier alpha value is -2.97. The van der Waals surface area contributed by atoms with Crippen LogP contribution in [0.3, 0.4) is 0 Å². The van der Waals surface area contributed by atoms with Gasteiger partial charge in [-0.05, 0) is 27.2 Å². The lowest BCUT2D eigenvalue weighted by Crippen LogP contribution is -2.23. The third-order valence-corrected chi connectivity index (χ3v) is 2.80. The minimum atomic E-state index is -1.29. The van der Waals surface area contributed by atoms with Crippen LogP contribution in [-0.2, 0) is 9.53 Å². The Kier molecular flexibility index (Phi) is 7.04. The first-order chi connectivity index (χ1) is 11.6. The number of ether oxygens (including phenoxy) is 1. The van der Waals surface area contributed by atoms with E-state index in [9.17, 15) is 19.7 Å². The van der Waals surface area contributed by atoms with Crippen molar-refractivity contribution < 1.29 is 24.4 Å². The molecule has 9 nitrogen and oxygen atoms in total. The third-order valence-electron chi connectivity index (χ3n) is 2.80. The van der Waals surface area contributed by atoms with Crippen LogP contribution in [0.1, 0.15) is 44.0 Å². The van der Waals surface area contributed by atoms with E-state index in [1.807, 2.05) is 0 Å². The van der Waals surface area contributed by atoms with Crippen molar-refractivity contribution in [2.75, 3.05) is 11.9 Å². The highest BCUT2D eigenvalue weighted by atomic mass is 16.6. The molecule has 0 unspecified atom stereocenters. The van der Waals surface area contributed by atoms with E-state index in [1.165, 1.54) is 0 Å². The number of hydrogen-bond acceptors (Lipinski definition) is 7. The maximum atomic E-state index is 11.5. The van der Waals surface area contributed by atoms with Crippen LogP contribution in [0.2, 0.25) is 0 Å². The maximum Gasteiger partial charge on any atom is 0.337 e. The van der Waals surface area contributed by atoms with Gasteiger partial charge in [0.05, 0.1) is 10.5 Å². The molecule has 9 heteroatoms. The molecule has 0 saturated heterocycles. The highest BCUT2D eigenvalue weighted by Gasteiger charge is 2.18. The fourth-order valence-electron chi connectivity index (χ4n) is 1.80. The largest absolute Gasteiger partial charge is 0.478 e. The molecule has 1 rings (SSSR count). The number of nitro groups is 1. The zero-order chi connectivity index (χ0) is 19.0. The lowest BCUT2D eigenvalue weighted by molar-refractivity contribution is -0.384. The van der Waals surface area contributed by atoms with Crippen LogP contribution in [0, 0.1) is 10.1 Å². The van der Waals surface area contributed by atoms with Crippen LogP contribution >= 0.6 is 0 Å². The number of carboxylic acids is 1. The van der Waals surface area contributed by atoms with Crippen molar-refractivity contribution in [1.29, 1.82) is 0 Å². The molecular formula is C16H21N3O6. The lowest BCUT2D eigenvalue weighted by atomic mass is 10.2. The zero-order valence-corrected chi connectivity index (χ0v) is 14.3. The molecule has 0 saturated carbocycles. The molecule has 1 aromatic heterocycles. The fourth-order valence-corrected chi connectivity index (χ4v) is 1.80.